The Hall–Kier alpha value is -1.46. The summed E-state index contributed by atoms with van der Waals surface area (Å²) in [4.78, 5) is 2.21. The highest BCUT2D eigenvalue weighted by atomic mass is 16.5. The quantitative estimate of drug-likeness (QED) is 0.819. The first-order valence-electron chi connectivity index (χ1n) is 6.51. The molecule has 1 heterocycles. The van der Waals surface area contributed by atoms with Crippen LogP contribution in [0.25, 0.3) is 0 Å². The molecule has 2 atom stereocenters. The van der Waals surface area contributed by atoms with Gasteiger partial charge in [0.2, 0.25) is 0 Å². The van der Waals surface area contributed by atoms with Gasteiger partial charge < -0.3 is 24.8 Å². The summed E-state index contributed by atoms with van der Waals surface area (Å²) >= 11 is 0. The first-order valence-corrected chi connectivity index (χ1v) is 6.51. The lowest BCUT2D eigenvalue weighted by atomic mass is 10.2. The molecule has 106 valence electrons. The van der Waals surface area contributed by atoms with Crippen LogP contribution in [0, 0.1) is 0 Å². The van der Waals surface area contributed by atoms with E-state index in [2.05, 4.69) is 4.90 Å². The summed E-state index contributed by atoms with van der Waals surface area (Å²) in [5, 5.41) is 0. The summed E-state index contributed by atoms with van der Waals surface area (Å²) in [5.74, 6) is 0.798. The van der Waals surface area contributed by atoms with E-state index < -0.39 is 0 Å². The number of hydrogen-bond donors (Lipinski definition) is 1. The predicted molar refractivity (Wildman–Crippen MR) is 75.8 cm³/mol. The molecule has 0 aromatic heterocycles. The van der Waals surface area contributed by atoms with E-state index in [1.807, 2.05) is 25.1 Å². The summed E-state index contributed by atoms with van der Waals surface area (Å²) < 4.78 is 16.4. The molecule has 19 heavy (non-hydrogen) atoms. The van der Waals surface area contributed by atoms with Gasteiger partial charge in [-0.25, -0.2) is 0 Å². The van der Waals surface area contributed by atoms with Gasteiger partial charge in [0, 0.05) is 50.8 Å². The van der Waals surface area contributed by atoms with E-state index in [-0.39, 0.29) is 12.2 Å². The standard InChI is InChI=1S/C14H22N2O3/c1-4-19-12-6-10(15)5-11(7-12)16-8-13(17-2)14(9-16)18-3/h5-7,13-14H,4,8-9,15H2,1-3H3. The van der Waals surface area contributed by atoms with Crippen LogP contribution in [-0.4, -0.2) is 46.1 Å². The molecule has 1 aliphatic rings. The van der Waals surface area contributed by atoms with Gasteiger partial charge in [0.1, 0.15) is 18.0 Å². The Morgan fingerprint density at radius 1 is 1.16 bits per heavy atom. The fraction of sp³-hybridized carbons (Fsp3) is 0.571. The minimum absolute atomic E-state index is 0.0852. The molecular formula is C14H22N2O3. The van der Waals surface area contributed by atoms with E-state index in [0.717, 1.165) is 24.5 Å². The normalized spacial score (nSPS) is 22.8. The maximum Gasteiger partial charge on any atom is 0.123 e. The van der Waals surface area contributed by atoms with Crippen LogP contribution in [0.4, 0.5) is 11.4 Å². The Balaban J connectivity index is 2.18. The Labute approximate surface area is 114 Å². The molecule has 0 saturated carbocycles. The van der Waals surface area contributed by atoms with Gasteiger partial charge in [0.05, 0.1) is 6.61 Å². The van der Waals surface area contributed by atoms with E-state index in [9.17, 15) is 0 Å². The van der Waals surface area contributed by atoms with Gasteiger partial charge >= 0.3 is 0 Å². The number of hydrogen-bond acceptors (Lipinski definition) is 5. The number of anilines is 2. The highest BCUT2D eigenvalue weighted by Crippen LogP contribution is 2.29. The second-order valence-electron chi connectivity index (χ2n) is 4.65. The SMILES string of the molecule is CCOc1cc(N)cc(N2CC(OC)C(OC)C2)c1. The summed E-state index contributed by atoms with van der Waals surface area (Å²) in [6, 6.07) is 5.79. The molecule has 1 fully saturated rings. The first kappa shape index (κ1) is 14.0. The van der Waals surface area contributed by atoms with Crippen LogP contribution in [0.15, 0.2) is 18.2 Å². The molecule has 5 heteroatoms. The van der Waals surface area contributed by atoms with Crippen molar-refractivity contribution in [3.63, 3.8) is 0 Å². The number of benzene rings is 1. The number of nitrogen functional groups attached to an aromatic ring is 1. The van der Waals surface area contributed by atoms with Crippen molar-refractivity contribution in [2.75, 3.05) is 44.5 Å². The van der Waals surface area contributed by atoms with Crippen LogP contribution >= 0.6 is 0 Å². The van der Waals surface area contributed by atoms with E-state index in [1.54, 1.807) is 14.2 Å². The van der Waals surface area contributed by atoms with Crippen molar-refractivity contribution in [2.24, 2.45) is 0 Å². The molecule has 1 aliphatic heterocycles. The summed E-state index contributed by atoms with van der Waals surface area (Å²) in [7, 11) is 3.43. The minimum atomic E-state index is 0.0852. The van der Waals surface area contributed by atoms with Crippen LogP contribution in [0.3, 0.4) is 0 Å². The average molecular weight is 266 g/mol. The average Bonchev–Trinajstić information content (AvgIpc) is 2.81. The highest BCUT2D eigenvalue weighted by Gasteiger charge is 2.33. The second kappa shape index (κ2) is 6.12. The maximum absolute atomic E-state index is 5.92. The summed E-state index contributed by atoms with van der Waals surface area (Å²) in [5.41, 5.74) is 7.67. The Morgan fingerprint density at radius 2 is 1.79 bits per heavy atom. The van der Waals surface area contributed by atoms with E-state index in [1.165, 1.54) is 0 Å². The van der Waals surface area contributed by atoms with Crippen LogP contribution in [0.5, 0.6) is 5.75 Å². The van der Waals surface area contributed by atoms with Gasteiger partial charge in [-0.1, -0.05) is 0 Å². The molecule has 0 radical (unpaired) electrons. The van der Waals surface area contributed by atoms with Crippen molar-refractivity contribution in [1.82, 2.24) is 0 Å². The van der Waals surface area contributed by atoms with Crippen LogP contribution in [-0.2, 0) is 9.47 Å². The molecule has 2 rings (SSSR count). The van der Waals surface area contributed by atoms with E-state index in [4.69, 9.17) is 19.9 Å². The largest absolute Gasteiger partial charge is 0.494 e. The molecule has 0 bridgehead atoms. The van der Waals surface area contributed by atoms with E-state index >= 15 is 0 Å². The lowest BCUT2D eigenvalue weighted by Crippen LogP contribution is -2.27. The van der Waals surface area contributed by atoms with Gasteiger partial charge in [-0.2, -0.15) is 0 Å². The summed E-state index contributed by atoms with van der Waals surface area (Å²) in [6.45, 7) is 4.18. The number of rotatable bonds is 5. The van der Waals surface area contributed by atoms with E-state index in [0.29, 0.717) is 12.3 Å². The third kappa shape index (κ3) is 3.11. The molecule has 5 nitrogen and oxygen atoms in total. The minimum Gasteiger partial charge on any atom is -0.494 e. The molecule has 1 aromatic carbocycles. The van der Waals surface area contributed by atoms with Gasteiger partial charge in [-0.15, -0.1) is 0 Å². The van der Waals surface area contributed by atoms with Gasteiger partial charge in [0.15, 0.2) is 0 Å². The van der Waals surface area contributed by atoms with Crippen molar-refractivity contribution in [2.45, 2.75) is 19.1 Å². The lowest BCUT2D eigenvalue weighted by Gasteiger charge is -2.19. The predicted octanol–water partition coefficient (Wildman–Crippen LogP) is 1.52. The number of nitrogens with zero attached hydrogens (tertiary/aromatic N) is 1. The topological polar surface area (TPSA) is 57.0 Å². The maximum atomic E-state index is 5.92. The monoisotopic (exact) mass is 266 g/mol. The molecule has 0 spiro atoms. The van der Waals surface area contributed by atoms with Gasteiger partial charge in [-0.3, -0.25) is 0 Å². The lowest BCUT2D eigenvalue weighted by molar-refractivity contribution is -0.00461. The number of methoxy groups -OCH3 is 2. The zero-order chi connectivity index (χ0) is 13.8. The Bertz CT molecular complexity index is 413. The van der Waals surface area contributed by atoms with Crippen LogP contribution in [0.1, 0.15) is 6.92 Å². The number of ether oxygens (including phenoxy) is 3. The Morgan fingerprint density at radius 3 is 2.32 bits per heavy atom. The van der Waals surface area contributed by atoms with Crippen molar-refractivity contribution in [3.05, 3.63) is 18.2 Å². The molecule has 0 aliphatic carbocycles. The zero-order valence-electron chi connectivity index (χ0n) is 11.8. The Kier molecular flexibility index (Phi) is 4.50. The molecule has 2 unspecified atom stereocenters. The van der Waals surface area contributed by atoms with Crippen LogP contribution in [0.2, 0.25) is 0 Å². The van der Waals surface area contributed by atoms with Crippen molar-refractivity contribution in [1.29, 1.82) is 0 Å². The van der Waals surface area contributed by atoms with Gasteiger partial charge in [-0.05, 0) is 13.0 Å². The second-order valence-corrected chi connectivity index (χ2v) is 4.65. The van der Waals surface area contributed by atoms with Crippen molar-refractivity contribution in [3.8, 4) is 5.75 Å². The summed E-state index contributed by atoms with van der Waals surface area (Å²) in [6.07, 6.45) is 0.170. The number of nitrogens with two attached hydrogens (primary N) is 1. The zero-order valence-corrected chi connectivity index (χ0v) is 11.8. The fourth-order valence-electron chi connectivity index (χ4n) is 2.45. The third-order valence-corrected chi connectivity index (χ3v) is 3.41. The first-order chi connectivity index (χ1) is 9.17. The highest BCUT2D eigenvalue weighted by molar-refractivity contribution is 5.61. The molecule has 2 N–H and O–H groups in total. The smallest absolute Gasteiger partial charge is 0.123 e. The molecule has 0 amide bonds. The molecule has 1 saturated heterocycles. The molecular weight excluding hydrogens is 244 g/mol. The molecule has 1 aromatic rings. The van der Waals surface area contributed by atoms with Gasteiger partial charge in [0.25, 0.3) is 0 Å². The fourth-order valence-corrected chi connectivity index (χ4v) is 2.45. The third-order valence-electron chi connectivity index (χ3n) is 3.41. The van der Waals surface area contributed by atoms with Crippen LogP contribution < -0.4 is 15.4 Å². The van der Waals surface area contributed by atoms with Crippen molar-refractivity contribution >= 4 is 11.4 Å². The van der Waals surface area contributed by atoms with Crippen molar-refractivity contribution < 1.29 is 14.2 Å².